The average molecular weight is 272 g/mol. The van der Waals surface area contributed by atoms with Crippen LogP contribution in [0.2, 0.25) is 5.02 Å². The molecule has 0 aromatic carbocycles. The molecule has 18 heavy (non-hydrogen) atoms. The largest absolute Gasteiger partial charge is 0.353 e. The molecule has 0 amide bonds. The molecule has 3 N–H and O–H groups in total. The first-order valence-electron chi connectivity index (χ1n) is 6.05. The first-order valence-corrected chi connectivity index (χ1v) is 6.43. The maximum atomic E-state index is 11.4. The fourth-order valence-electron chi connectivity index (χ4n) is 2.12. The highest BCUT2D eigenvalue weighted by atomic mass is 35.5. The minimum absolute atomic E-state index is 0.165. The summed E-state index contributed by atoms with van der Waals surface area (Å²) in [6.07, 6.45) is 1.39. The van der Waals surface area contributed by atoms with E-state index in [2.05, 4.69) is 21.8 Å². The van der Waals surface area contributed by atoms with Gasteiger partial charge in [0.1, 0.15) is 5.02 Å². The summed E-state index contributed by atoms with van der Waals surface area (Å²) in [5.74, 6) is 0.570. The number of rotatable bonds is 3. The van der Waals surface area contributed by atoms with Crippen LogP contribution in [0.3, 0.4) is 0 Å². The standard InChI is InChI=1S/C11H18ClN5O/c1-8(6-13)16-2-4-17(5-3-16)10-9(12)11(18)15-7-14-10/h7-8H,2-6,13H2,1H3,(H,14,15,18). The van der Waals surface area contributed by atoms with Crippen molar-refractivity contribution in [3.8, 4) is 0 Å². The van der Waals surface area contributed by atoms with Gasteiger partial charge in [0.15, 0.2) is 5.82 Å². The van der Waals surface area contributed by atoms with Crippen LogP contribution in [0.4, 0.5) is 5.82 Å². The number of nitrogens with one attached hydrogen (secondary N) is 1. The number of anilines is 1. The van der Waals surface area contributed by atoms with Crippen molar-refractivity contribution in [3.63, 3.8) is 0 Å². The van der Waals surface area contributed by atoms with Crippen molar-refractivity contribution in [1.82, 2.24) is 14.9 Å². The highest BCUT2D eigenvalue weighted by Crippen LogP contribution is 2.20. The Morgan fingerprint density at radius 1 is 1.50 bits per heavy atom. The highest BCUT2D eigenvalue weighted by molar-refractivity contribution is 6.32. The van der Waals surface area contributed by atoms with Crippen LogP contribution in [0.5, 0.6) is 0 Å². The van der Waals surface area contributed by atoms with Crippen LogP contribution in [-0.2, 0) is 0 Å². The number of aromatic nitrogens is 2. The van der Waals surface area contributed by atoms with E-state index in [9.17, 15) is 4.79 Å². The van der Waals surface area contributed by atoms with Crippen molar-refractivity contribution >= 4 is 17.4 Å². The molecule has 0 spiro atoms. The van der Waals surface area contributed by atoms with Gasteiger partial charge in [-0.25, -0.2) is 4.98 Å². The van der Waals surface area contributed by atoms with Crippen LogP contribution in [0, 0.1) is 0 Å². The first kappa shape index (κ1) is 13.3. The van der Waals surface area contributed by atoms with Gasteiger partial charge in [-0.3, -0.25) is 9.69 Å². The number of H-pyrrole nitrogens is 1. The second-order valence-corrected chi connectivity index (χ2v) is 4.85. The molecular formula is C11H18ClN5O. The third-order valence-electron chi connectivity index (χ3n) is 3.36. The summed E-state index contributed by atoms with van der Waals surface area (Å²) in [7, 11) is 0. The number of nitrogens with zero attached hydrogens (tertiary/aromatic N) is 3. The predicted octanol–water partition coefficient (Wildman–Crippen LogP) is -0.107. The highest BCUT2D eigenvalue weighted by Gasteiger charge is 2.23. The molecule has 0 radical (unpaired) electrons. The third-order valence-corrected chi connectivity index (χ3v) is 3.70. The van der Waals surface area contributed by atoms with Gasteiger partial charge in [-0.15, -0.1) is 0 Å². The molecule has 1 aromatic heterocycles. The number of nitrogens with two attached hydrogens (primary N) is 1. The van der Waals surface area contributed by atoms with Crippen molar-refractivity contribution in [3.05, 3.63) is 21.7 Å². The number of halogens is 1. The molecule has 100 valence electrons. The Morgan fingerprint density at radius 2 is 2.17 bits per heavy atom. The Hall–Kier alpha value is -1.11. The Kier molecular flexibility index (Phi) is 4.21. The predicted molar refractivity (Wildman–Crippen MR) is 72.2 cm³/mol. The maximum absolute atomic E-state index is 11.4. The molecule has 1 aliphatic rings. The van der Waals surface area contributed by atoms with E-state index >= 15 is 0 Å². The number of aromatic amines is 1. The number of piperazine rings is 1. The van der Waals surface area contributed by atoms with Crippen molar-refractivity contribution in [2.24, 2.45) is 5.73 Å². The van der Waals surface area contributed by atoms with Crippen molar-refractivity contribution in [2.75, 3.05) is 37.6 Å². The van der Waals surface area contributed by atoms with E-state index in [1.165, 1.54) is 6.33 Å². The van der Waals surface area contributed by atoms with Crippen LogP contribution in [0.15, 0.2) is 11.1 Å². The number of hydrogen-bond acceptors (Lipinski definition) is 5. The minimum Gasteiger partial charge on any atom is -0.353 e. The minimum atomic E-state index is -0.292. The SMILES string of the molecule is CC(CN)N1CCN(c2nc[nH]c(=O)c2Cl)CC1. The molecule has 2 heterocycles. The Balaban J connectivity index is 2.06. The van der Waals surface area contributed by atoms with Gasteiger partial charge in [0.2, 0.25) is 0 Å². The van der Waals surface area contributed by atoms with Gasteiger partial charge < -0.3 is 15.6 Å². The molecule has 1 aromatic rings. The van der Waals surface area contributed by atoms with Crippen LogP contribution < -0.4 is 16.2 Å². The molecule has 1 aliphatic heterocycles. The molecule has 1 unspecified atom stereocenters. The molecule has 7 heteroatoms. The van der Waals surface area contributed by atoms with Crippen molar-refractivity contribution < 1.29 is 0 Å². The van der Waals surface area contributed by atoms with E-state index in [1.807, 2.05) is 4.90 Å². The molecule has 0 saturated carbocycles. The van der Waals surface area contributed by atoms with E-state index in [-0.39, 0.29) is 10.6 Å². The van der Waals surface area contributed by atoms with Crippen LogP contribution in [-0.4, -0.2) is 53.6 Å². The zero-order valence-corrected chi connectivity index (χ0v) is 11.2. The Bertz CT molecular complexity index is 455. The lowest BCUT2D eigenvalue weighted by Gasteiger charge is -2.38. The lowest BCUT2D eigenvalue weighted by Crippen LogP contribution is -2.51. The van der Waals surface area contributed by atoms with E-state index < -0.39 is 0 Å². The quantitative estimate of drug-likeness (QED) is 0.802. The Labute approximate surface area is 111 Å². The van der Waals surface area contributed by atoms with Gasteiger partial charge >= 0.3 is 0 Å². The van der Waals surface area contributed by atoms with Gasteiger partial charge in [0, 0.05) is 38.8 Å². The van der Waals surface area contributed by atoms with Crippen LogP contribution in [0.25, 0.3) is 0 Å². The van der Waals surface area contributed by atoms with E-state index in [0.717, 1.165) is 26.2 Å². The second kappa shape index (κ2) is 5.69. The van der Waals surface area contributed by atoms with E-state index in [0.29, 0.717) is 18.4 Å². The topological polar surface area (TPSA) is 78.2 Å². The van der Waals surface area contributed by atoms with Crippen LogP contribution in [0.1, 0.15) is 6.92 Å². The molecule has 6 nitrogen and oxygen atoms in total. The summed E-state index contributed by atoms with van der Waals surface area (Å²) in [5, 5.41) is 0.165. The van der Waals surface area contributed by atoms with Crippen LogP contribution >= 0.6 is 11.6 Å². The normalized spacial score (nSPS) is 18.9. The molecule has 1 fully saturated rings. The summed E-state index contributed by atoms with van der Waals surface area (Å²) in [5.41, 5.74) is 5.37. The van der Waals surface area contributed by atoms with Crippen molar-refractivity contribution in [2.45, 2.75) is 13.0 Å². The van der Waals surface area contributed by atoms with Gasteiger partial charge in [0.25, 0.3) is 5.56 Å². The summed E-state index contributed by atoms with van der Waals surface area (Å²) >= 11 is 5.97. The van der Waals surface area contributed by atoms with Gasteiger partial charge in [-0.1, -0.05) is 11.6 Å². The average Bonchev–Trinajstić information content (AvgIpc) is 2.41. The molecule has 0 bridgehead atoms. The number of hydrogen-bond donors (Lipinski definition) is 2. The van der Waals surface area contributed by atoms with Crippen molar-refractivity contribution in [1.29, 1.82) is 0 Å². The molecular weight excluding hydrogens is 254 g/mol. The fraction of sp³-hybridized carbons (Fsp3) is 0.636. The van der Waals surface area contributed by atoms with Gasteiger partial charge in [0.05, 0.1) is 6.33 Å². The Morgan fingerprint density at radius 3 is 2.78 bits per heavy atom. The third kappa shape index (κ3) is 2.66. The molecule has 1 atom stereocenters. The second-order valence-electron chi connectivity index (χ2n) is 4.48. The summed E-state index contributed by atoms with van der Waals surface area (Å²) in [4.78, 5) is 22.4. The monoisotopic (exact) mass is 271 g/mol. The van der Waals surface area contributed by atoms with E-state index in [4.69, 9.17) is 17.3 Å². The lowest BCUT2D eigenvalue weighted by molar-refractivity contribution is 0.201. The maximum Gasteiger partial charge on any atom is 0.271 e. The zero-order valence-electron chi connectivity index (χ0n) is 10.4. The molecule has 0 aliphatic carbocycles. The van der Waals surface area contributed by atoms with Gasteiger partial charge in [-0.2, -0.15) is 0 Å². The molecule has 1 saturated heterocycles. The zero-order chi connectivity index (χ0) is 13.1. The van der Waals surface area contributed by atoms with Gasteiger partial charge in [-0.05, 0) is 6.92 Å². The first-order chi connectivity index (χ1) is 8.63. The fourth-order valence-corrected chi connectivity index (χ4v) is 2.34. The summed E-state index contributed by atoms with van der Waals surface area (Å²) in [6, 6.07) is 0.384. The smallest absolute Gasteiger partial charge is 0.271 e. The summed E-state index contributed by atoms with van der Waals surface area (Å²) < 4.78 is 0. The van der Waals surface area contributed by atoms with E-state index in [1.54, 1.807) is 0 Å². The lowest BCUT2D eigenvalue weighted by atomic mass is 10.2. The molecule has 2 rings (SSSR count). The summed E-state index contributed by atoms with van der Waals surface area (Å²) in [6.45, 7) is 6.20.